The highest BCUT2D eigenvalue weighted by Gasteiger charge is 2.37. The molecule has 8 heteroatoms. The molecule has 0 fully saturated rings. The second kappa shape index (κ2) is 6.49. The summed E-state index contributed by atoms with van der Waals surface area (Å²) in [5, 5.41) is 12.6. The van der Waals surface area contributed by atoms with Gasteiger partial charge in [-0.3, -0.25) is 4.90 Å². The van der Waals surface area contributed by atoms with E-state index in [1.54, 1.807) is 11.8 Å². The van der Waals surface area contributed by atoms with Gasteiger partial charge in [0.2, 0.25) is 12.5 Å². The lowest BCUT2D eigenvalue weighted by molar-refractivity contribution is 0.170. The summed E-state index contributed by atoms with van der Waals surface area (Å²) < 4.78 is 18.9. The predicted octanol–water partition coefficient (Wildman–Crippen LogP) is 2.29. The van der Waals surface area contributed by atoms with E-state index >= 15 is 0 Å². The van der Waals surface area contributed by atoms with Crippen molar-refractivity contribution in [2.75, 3.05) is 27.5 Å². The van der Waals surface area contributed by atoms with E-state index in [0.717, 1.165) is 41.4 Å². The minimum Gasteiger partial charge on any atom is -0.492 e. The molecular formula is C20H21N5O3. The van der Waals surface area contributed by atoms with Crippen LogP contribution < -0.4 is 14.2 Å². The number of aromatic nitrogens is 4. The van der Waals surface area contributed by atoms with Gasteiger partial charge in [0.1, 0.15) is 6.04 Å². The summed E-state index contributed by atoms with van der Waals surface area (Å²) >= 11 is 0. The molecule has 3 aromatic rings. The van der Waals surface area contributed by atoms with E-state index in [4.69, 9.17) is 14.2 Å². The Labute approximate surface area is 162 Å². The standard InChI is InChI=1S/C20H21N5O3/c1-12-5-4-6-14(9-12)25-20(21-22-23-25)17-16-13(7-8-24(17)2)10-15-18(19(16)26-3)28-11-27-15/h4-6,9-10,17H,7-8,11H2,1-3H3/t17-/m1/s1. The third kappa shape index (κ3) is 2.52. The highest BCUT2D eigenvalue weighted by molar-refractivity contribution is 5.62. The summed E-state index contributed by atoms with van der Waals surface area (Å²) in [6.45, 7) is 3.14. The number of hydrogen-bond acceptors (Lipinski definition) is 7. The molecular weight excluding hydrogens is 358 g/mol. The van der Waals surface area contributed by atoms with E-state index < -0.39 is 0 Å². The van der Waals surface area contributed by atoms with Gasteiger partial charge in [0.05, 0.1) is 12.8 Å². The van der Waals surface area contributed by atoms with Gasteiger partial charge in [-0.25, -0.2) is 0 Å². The van der Waals surface area contributed by atoms with Gasteiger partial charge in [-0.05, 0) is 60.1 Å². The Morgan fingerprint density at radius 3 is 2.93 bits per heavy atom. The molecule has 1 aromatic heterocycles. The van der Waals surface area contributed by atoms with Gasteiger partial charge in [-0.15, -0.1) is 5.10 Å². The number of nitrogens with zero attached hydrogens (tertiary/aromatic N) is 5. The number of rotatable bonds is 3. The number of ether oxygens (including phenoxy) is 3. The number of benzene rings is 2. The van der Waals surface area contributed by atoms with Crippen molar-refractivity contribution in [3.8, 4) is 22.9 Å². The van der Waals surface area contributed by atoms with Crippen molar-refractivity contribution in [1.29, 1.82) is 0 Å². The fourth-order valence-electron chi connectivity index (χ4n) is 4.07. The molecule has 0 N–H and O–H groups in total. The minimum absolute atomic E-state index is 0.163. The molecule has 0 saturated heterocycles. The van der Waals surface area contributed by atoms with E-state index in [1.807, 2.05) is 12.1 Å². The summed E-state index contributed by atoms with van der Waals surface area (Å²) in [6, 6.07) is 10.0. The molecule has 0 radical (unpaired) electrons. The zero-order chi connectivity index (χ0) is 19.3. The highest BCUT2D eigenvalue weighted by atomic mass is 16.7. The molecule has 2 aliphatic heterocycles. The lowest BCUT2D eigenvalue weighted by Crippen LogP contribution is -2.35. The van der Waals surface area contributed by atoms with Gasteiger partial charge in [0.15, 0.2) is 17.3 Å². The maximum Gasteiger partial charge on any atom is 0.231 e. The Morgan fingerprint density at radius 2 is 2.11 bits per heavy atom. The van der Waals surface area contributed by atoms with Crippen molar-refractivity contribution in [2.45, 2.75) is 19.4 Å². The molecule has 0 spiro atoms. The number of hydrogen-bond donors (Lipinski definition) is 0. The van der Waals surface area contributed by atoms with Crippen LogP contribution in [0.25, 0.3) is 5.69 Å². The lowest BCUT2D eigenvalue weighted by atomic mass is 9.90. The van der Waals surface area contributed by atoms with Crippen molar-refractivity contribution in [3.05, 3.63) is 52.8 Å². The van der Waals surface area contributed by atoms with Gasteiger partial charge in [0.25, 0.3) is 0 Å². The fraction of sp³-hybridized carbons (Fsp3) is 0.350. The molecule has 0 aliphatic carbocycles. The third-order valence-corrected chi connectivity index (χ3v) is 5.38. The monoisotopic (exact) mass is 379 g/mol. The zero-order valence-corrected chi connectivity index (χ0v) is 16.0. The van der Waals surface area contributed by atoms with Gasteiger partial charge in [0, 0.05) is 12.1 Å². The maximum atomic E-state index is 5.79. The summed E-state index contributed by atoms with van der Waals surface area (Å²) in [6.07, 6.45) is 0.890. The smallest absolute Gasteiger partial charge is 0.231 e. The van der Waals surface area contributed by atoms with Gasteiger partial charge >= 0.3 is 0 Å². The first-order valence-corrected chi connectivity index (χ1v) is 9.22. The largest absolute Gasteiger partial charge is 0.492 e. The first kappa shape index (κ1) is 17.0. The molecule has 0 unspecified atom stereocenters. The minimum atomic E-state index is -0.163. The molecule has 3 heterocycles. The highest BCUT2D eigenvalue weighted by Crippen LogP contribution is 2.50. The molecule has 28 heavy (non-hydrogen) atoms. The van der Waals surface area contributed by atoms with Crippen LogP contribution >= 0.6 is 0 Å². The topological polar surface area (TPSA) is 74.5 Å². The molecule has 2 aromatic carbocycles. The first-order chi connectivity index (χ1) is 13.7. The first-order valence-electron chi connectivity index (χ1n) is 9.22. The summed E-state index contributed by atoms with van der Waals surface area (Å²) in [5.41, 5.74) is 4.28. The second-order valence-electron chi connectivity index (χ2n) is 7.14. The summed E-state index contributed by atoms with van der Waals surface area (Å²) in [5.74, 6) is 2.82. The average molecular weight is 379 g/mol. The Hall–Kier alpha value is -3.13. The quantitative estimate of drug-likeness (QED) is 0.691. The normalized spacial score (nSPS) is 18.2. The molecule has 5 rings (SSSR count). The number of likely N-dealkylation sites (N-methyl/N-ethyl adjacent to an activating group) is 1. The van der Waals surface area contributed by atoms with Crippen LogP contribution in [0.3, 0.4) is 0 Å². The second-order valence-corrected chi connectivity index (χ2v) is 7.14. The van der Waals surface area contributed by atoms with Crippen LogP contribution in [0.2, 0.25) is 0 Å². The zero-order valence-electron chi connectivity index (χ0n) is 16.0. The average Bonchev–Trinajstić information content (AvgIpc) is 3.35. The summed E-state index contributed by atoms with van der Waals surface area (Å²) in [4.78, 5) is 2.24. The number of methoxy groups -OCH3 is 1. The SMILES string of the molecule is COc1c2c(cc3c1[C@H](c1nnnn1-c1cccc(C)c1)N(C)CC3)OCO2. The van der Waals surface area contributed by atoms with Crippen LogP contribution in [0.5, 0.6) is 17.2 Å². The molecule has 2 aliphatic rings. The van der Waals surface area contributed by atoms with E-state index in [0.29, 0.717) is 11.5 Å². The number of fused-ring (bicyclic) bond motifs is 2. The Morgan fingerprint density at radius 1 is 1.21 bits per heavy atom. The van der Waals surface area contributed by atoms with Crippen LogP contribution in [-0.4, -0.2) is 52.6 Å². The molecule has 8 nitrogen and oxygen atoms in total. The lowest BCUT2D eigenvalue weighted by Gasteiger charge is -2.34. The van der Waals surface area contributed by atoms with E-state index in [-0.39, 0.29) is 12.8 Å². The molecule has 0 amide bonds. The van der Waals surface area contributed by atoms with Crippen LogP contribution in [0.4, 0.5) is 0 Å². The van der Waals surface area contributed by atoms with Gasteiger partial charge in [-0.1, -0.05) is 12.1 Å². The Bertz CT molecular complexity index is 1050. The van der Waals surface area contributed by atoms with Gasteiger partial charge in [-0.2, -0.15) is 4.68 Å². The van der Waals surface area contributed by atoms with E-state index in [1.165, 1.54) is 5.56 Å². The Kier molecular flexibility index (Phi) is 3.94. The fourth-order valence-corrected chi connectivity index (χ4v) is 4.07. The van der Waals surface area contributed by atoms with Crippen molar-refractivity contribution in [2.24, 2.45) is 0 Å². The number of tetrazole rings is 1. The predicted molar refractivity (Wildman–Crippen MR) is 101 cm³/mol. The molecule has 0 bridgehead atoms. The molecule has 144 valence electrons. The van der Waals surface area contributed by atoms with Crippen molar-refractivity contribution >= 4 is 0 Å². The third-order valence-electron chi connectivity index (χ3n) is 5.38. The van der Waals surface area contributed by atoms with Crippen molar-refractivity contribution < 1.29 is 14.2 Å². The van der Waals surface area contributed by atoms with Crippen LogP contribution in [0, 0.1) is 6.92 Å². The number of aryl methyl sites for hydroxylation is 1. The Balaban J connectivity index is 1.71. The molecule has 1 atom stereocenters. The van der Waals surface area contributed by atoms with Crippen LogP contribution in [0.15, 0.2) is 30.3 Å². The van der Waals surface area contributed by atoms with E-state index in [9.17, 15) is 0 Å². The van der Waals surface area contributed by atoms with Crippen molar-refractivity contribution in [3.63, 3.8) is 0 Å². The van der Waals surface area contributed by atoms with Crippen LogP contribution in [0.1, 0.15) is 28.6 Å². The molecule has 0 saturated carbocycles. The van der Waals surface area contributed by atoms with Crippen LogP contribution in [-0.2, 0) is 6.42 Å². The van der Waals surface area contributed by atoms with Crippen molar-refractivity contribution in [1.82, 2.24) is 25.1 Å². The maximum absolute atomic E-state index is 5.79. The van der Waals surface area contributed by atoms with Gasteiger partial charge < -0.3 is 14.2 Å². The van der Waals surface area contributed by atoms with E-state index in [2.05, 4.69) is 52.6 Å². The summed E-state index contributed by atoms with van der Waals surface area (Å²) in [7, 11) is 3.74.